The molecule has 0 aliphatic carbocycles. The van der Waals surface area contributed by atoms with E-state index < -0.39 is 42.5 Å². The molecule has 2 heterocycles. The normalized spacial score (nSPS) is 16.6. The average molecular weight is 520 g/mol. The van der Waals surface area contributed by atoms with Crippen LogP contribution in [-0.4, -0.2) is 94.1 Å². The molecule has 0 radical (unpaired) electrons. The lowest BCUT2D eigenvalue weighted by molar-refractivity contribution is 0.0422. The summed E-state index contributed by atoms with van der Waals surface area (Å²) in [5, 5.41) is 28.6. The van der Waals surface area contributed by atoms with Crippen molar-refractivity contribution in [2.24, 2.45) is 16.6 Å². The fraction of sp³-hybridized carbons (Fsp3) is 0.588. The van der Waals surface area contributed by atoms with Crippen LogP contribution >= 0.6 is 0 Å². The van der Waals surface area contributed by atoms with Crippen LogP contribution in [0.15, 0.2) is 21.9 Å². The quantitative estimate of drug-likeness (QED) is 0.174. The second-order valence-corrected chi connectivity index (χ2v) is 10.9. The highest BCUT2D eigenvalue weighted by atomic mass is 32.2. The number of rotatable bonds is 11. The largest absolute Gasteiger partial charge is 0.390 e. The van der Waals surface area contributed by atoms with Gasteiger partial charge >= 0.3 is 0 Å². The number of hydrogen-bond acceptors (Lipinski definition) is 12. The van der Waals surface area contributed by atoms with Crippen molar-refractivity contribution < 1.29 is 26.7 Å². The first-order valence-electron chi connectivity index (χ1n) is 10.5. The molecular weight excluding hydrogens is 490 g/mol. The van der Waals surface area contributed by atoms with Gasteiger partial charge in [-0.25, -0.2) is 26.7 Å². The highest BCUT2D eigenvalue weighted by molar-refractivity contribution is 7.92. The van der Waals surface area contributed by atoms with E-state index in [9.17, 15) is 21.9 Å². The number of aromatic amines is 1. The number of hydrogen-bond donors (Lipinski definition) is 6. The maximum atomic E-state index is 13.0. The van der Waals surface area contributed by atoms with Gasteiger partial charge in [-0.3, -0.25) is 0 Å². The van der Waals surface area contributed by atoms with Crippen LogP contribution in [-0.2, 0) is 24.8 Å². The third-order valence-corrected chi connectivity index (χ3v) is 7.87. The number of benzene rings is 1. The summed E-state index contributed by atoms with van der Waals surface area (Å²) in [6.07, 6.45) is 0.139. The Bertz CT molecular complexity index is 1170. The van der Waals surface area contributed by atoms with Crippen molar-refractivity contribution in [3.63, 3.8) is 0 Å². The van der Waals surface area contributed by atoms with Gasteiger partial charge in [-0.15, -0.1) is 10.2 Å². The molecule has 1 unspecified atom stereocenters. The second-order valence-electron chi connectivity index (χ2n) is 7.65. The Morgan fingerprint density at radius 1 is 1.24 bits per heavy atom. The molecule has 3 rings (SSSR count). The Balaban J connectivity index is 2.09. The minimum absolute atomic E-state index is 0.00367. The monoisotopic (exact) mass is 519 g/mol. The number of anilines is 1. The zero-order valence-corrected chi connectivity index (χ0v) is 19.9. The van der Waals surface area contributed by atoms with Crippen LogP contribution in [0.1, 0.15) is 12.8 Å². The van der Waals surface area contributed by atoms with Crippen molar-refractivity contribution >= 4 is 25.7 Å². The molecule has 0 bridgehead atoms. The Labute approximate surface area is 197 Å². The molecule has 1 aromatic carbocycles. The van der Waals surface area contributed by atoms with Gasteiger partial charge < -0.3 is 26.2 Å². The van der Waals surface area contributed by atoms with Crippen LogP contribution in [0.2, 0.25) is 0 Å². The van der Waals surface area contributed by atoms with Crippen molar-refractivity contribution in [2.75, 3.05) is 44.2 Å². The number of nitrogens with zero attached hydrogens (tertiary/aromatic N) is 4. The summed E-state index contributed by atoms with van der Waals surface area (Å²) in [4.78, 5) is 0.594. The molecule has 1 aromatic heterocycles. The van der Waals surface area contributed by atoms with Gasteiger partial charge in [0.1, 0.15) is 9.79 Å². The van der Waals surface area contributed by atoms with Gasteiger partial charge in [0.2, 0.25) is 25.9 Å². The molecule has 9 N–H and O–H groups in total. The van der Waals surface area contributed by atoms with Gasteiger partial charge in [0.15, 0.2) is 0 Å². The predicted octanol–water partition coefficient (Wildman–Crippen LogP) is -2.94. The summed E-state index contributed by atoms with van der Waals surface area (Å²) in [7, 11) is -9.02. The molecule has 190 valence electrons. The Kier molecular flexibility index (Phi) is 8.52. The molecule has 34 heavy (non-hydrogen) atoms. The Morgan fingerprint density at radius 3 is 2.50 bits per heavy atom. The third-order valence-electron chi connectivity index (χ3n) is 5.28. The topological polar surface area (TPSA) is 246 Å². The molecule has 0 amide bonds. The molecule has 1 aliphatic heterocycles. The molecular formula is C17H29N9O6S2. The number of H-pyrrole nitrogens is 1. The van der Waals surface area contributed by atoms with Crippen LogP contribution in [0.4, 0.5) is 5.69 Å². The molecule has 0 saturated carbocycles. The number of aromatic nitrogens is 4. The van der Waals surface area contributed by atoms with E-state index >= 15 is 0 Å². The summed E-state index contributed by atoms with van der Waals surface area (Å²) >= 11 is 0. The molecule has 1 fully saturated rings. The van der Waals surface area contributed by atoms with Gasteiger partial charge in [0.25, 0.3) is 0 Å². The second kappa shape index (κ2) is 11.0. The Hall–Kier alpha value is -2.25. The van der Waals surface area contributed by atoms with Crippen LogP contribution in [0.5, 0.6) is 0 Å². The van der Waals surface area contributed by atoms with Gasteiger partial charge in [-0.1, -0.05) is 0 Å². The number of piperidine rings is 1. The number of tetrazole rings is 1. The number of primary sulfonamides is 1. The third kappa shape index (κ3) is 6.05. The van der Waals surface area contributed by atoms with E-state index in [1.165, 1.54) is 6.07 Å². The zero-order chi connectivity index (χ0) is 24.9. The number of nitrogens with one attached hydrogen (secondary N) is 2. The fourth-order valence-electron chi connectivity index (χ4n) is 3.66. The first kappa shape index (κ1) is 26.4. The predicted molar refractivity (Wildman–Crippen MR) is 121 cm³/mol. The number of nitrogens with two attached hydrogens (primary N) is 3. The van der Waals surface area contributed by atoms with E-state index in [4.69, 9.17) is 21.3 Å². The summed E-state index contributed by atoms with van der Waals surface area (Å²) < 4.78 is 59.2. The van der Waals surface area contributed by atoms with E-state index in [2.05, 4.69) is 25.3 Å². The van der Waals surface area contributed by atoms with Crippen LogP contribution in [0.3, 0.4) is 0 Å². The summed E-state index contributed by atoms with van der Waals surface area (Å²) in [5.74, 6) is -0.139. The van der Waals surface area contributed by atoms with Crippen molar-refractivity contribution in [3.8, 4) is 11.4 Å². The lowest BCUT2D eigenvalue weighted by atomic mass is 10.0. The molecule has 0 spiro atoms. The van der Waals surface area contributed by atoms with E-state index in [1.807, 2.05) is 4.90 Å². The summed E-state index contributed by atoms with van der Waals surface area (Å²) in [5.41, 5.74) is 11.1. The number of aliphatic hydroxyl groups is 1. The van der Waals surface area contributed by atoms with Crippen LogP contribution in [0, 0.1) is 0 Å². The minimum atomic E-state index is -4.59. The van der Waals surface area contributed by atoms with E-state index in [0.29, 0.717) is 44.8 Å². The lowest BCUT2D eigenvalue weighted by Crippen LogP contribution is -2.39. The highest BCUT2D eigenvalue weighted by Gasteiger charge is 2.34. The van der Waals surface area contributed by atoms with Crippen LogP contribution < -0.4 is 26.2 Å². The van der Waals surface area contributed by atoms with Gasteiger partial charge in [-0.2, -0.15) is 5.21 Å². The lowest BCUT2D eigenvalue weighted by Gasteiger charge is -2.35. The maximum absolute atomic E-state index is 13.0. The SMILES string of the molecule is NCCOC1CCN(c2ccc(S(=O)(=O)NCC(O)CN)c(S(N)(=O)=O)c2-c2nn[nH]n2)CC1. The van der Waals surface area contributed by atoms with Crippen molar-refractivity contribution in [1.29, 1.82) is 0 Å². The molecule has 1 saturated heterocycles. The molecule has 1 atom stereocenters. The number of aliphatic hydroxyl groups excluding tert-OH is 1. The smallest absolute Gasteiger partial charge is 0.242 e. The van der Waals surface area contributed by atoms with Crippen molar-refractivity contribution in [2.45, 2.75) is 34.8 Å². The standard InChI is InChI=1S/C17H29N9O6S2/c18-5-8-32-12-3-6-26(7-4-12)13-1-2-14(34(30,31)21-10-11(27)9-19)16(33(20,28)29)15(13)17-22-24-25-23-17/h1-2,11-12,21,27H,3-10,18-19H2,(H2,20,28,29)(H,22,23,24,25). The summed E-state index contributed by atoms with van der Waals surface area (Å²) in [6, 6.07) is 2.61. The van der Waals surface area contributed by atoms with E-state index in [1.54, 1.807) is 0 Å². The van der Waals surface area contributed by atoms with Crippen molar-refractivity contribution in [3.05, 3.63) is 12.1 Å². The first-order valence-corrected chi connectivity index (χ1v) is 13.5. The average Bonchev–Trinajstić information content (AvgIpc) is 3.34. The van der Waals surface area contributed by atoms with E-state index in [-0.39, 0.29) is 24.0 Å². The maximum Gasteiger partial charge on any atom is 0.242 e. The molecule has 2 aromatic rings. The minimum Gasteiger partial charge on any atom is -0.390 e. The van der Waals surface area contributed by atoms with Gasteiger partial charge in [0, 0.05) is 38.4 Å². The van der Waals surface area contributed by atoms with Crippen LogP contribution in [0.25, 0.3) is 11.4 Å². The van der Waals surface area contributed by atoms with Gasteiger partial charge in [0.05, 0.1) is 24.4 Å². The molecule has 1 aliphatic rings. The zero-order valence-electron chi connectivity index (χ0n) is 18.3. The highest BCUT2D eigenvalue weighted by Crippen LogP contribution is 2.39. The summed E-state index contributed by atoms with van der Waals surface area (Å²) in [6.45, 7) is 1.23. The Morgan fingerprint density at radius 2 is 1.94 bits per heavy atom. The fourth-order valence-corrected chi connectivity index (χ4v) is 6.33. The number of sulfonamides is 2. The van der Waals surface area contributed by atoms with Gasteiger partial charge in [-0.05, 0) is 30.2 Å². The molecule has 17 heteroatoms. The van der Waals surface area contributed by atoms with E-state index in [0.717, 1.165) is 6.07 Å². The first-order chi connectivity index (χ1) is 16.1. The van der Waals surface area contributed by atoms with Crippen molar-refractivity contribution in [1.82, 2.24) is 25.3 Å². The molecule has 15 nitrogen and oxygen atoms in total. The number of ether oxygens (including phenoxy) is 1.